The fourth-order valence-electron chi connectivity index (χ4n) is 0.958. The summed E-state index contributed by atoms with van der Waals surface area (Å²) in [5.74, 6) is 0.647. The minimum atomic E-state index is 0.0492. The molecule has 6 heteroatoms. The van der Waals surface area contributed by atoms with E-state index in [9.17, 15) is 4.79 Å². The molecule has 6 nitrogen and oxygen atoms in total. The summed E-state index contributed by atoms with van der Waals surface area (Å²) < 4.78 is 4.55. The molecular weight excluding hydrogens is 184 g/mol. The Kier molecular flexibility index (Phi) is 4.63. The molecule has 0 aliphatic carbocycles. The molecule has 78 valence electrons. The van der Waals surface area contributed by atoms with E-state index in [1.807, 2.05) is 6.92 Å². The van der Waals surface area contributed by atoms with Crippen molar-refractivity contribution < 1.29 is 9.32 Å². The Bertz CT molecular complexity index is 260. The number of hydrogen-bond donors (Lipinski definition) is 2. The van der Waals surface area contributed by atoms with E-state index in [0.717, 1.165) is 0 Å². The lowest BCUT2D eigenvalue weighted by Gasteiger charge is -2.02. The van der Waals surface area contributed by atoms with Gasteiger partial charge in [0.15, 0.2) is 5.82 Å². The summed E-state index contributed by atoms with van der Waals surface area (Å²) in [6, 6.07) is 0. The normalized spacial score (nSPS) is 10.1. The minimum absolute atomic E-state index is 0.0492. The molecule has 0 radical (unpaired) electrons. The van der Waals surface area contributed by atoms with Crippen molar-refractivity contribution in [2.45, 2.75) is 19.9 Å². The van der Waals surface area contributed by atoms with Gasteiger partial charge in [0, 0.05) is 19.5 Å². The lowest BCUT2D eigenvalue weighted by atomic mass is 10.4. The fourth-order valence-corrected chi connectivity index (χ4v) is 0.958. The summed E-state index contributed by atoms with van der Waals surface area (Å²) in [7, 11) is 0. The van der Waals surface area contributed by atoms with Gasteiger partial charge in [-0.2, -0.15) is 4.98 Å². The Hall–Kier alpha value is -1.43. The second kappa shape index (κ2) is 6.09. The number of nitrogens with one attached hydrogen (secondary N) is 2. The Morgan fingerprint density at radius 2 is 2.50 bits per heavy atom. The first kappa shape index (κ1) is 10.6. The van der Waals surface area contributed by atoms with Crippen LogP contribution in [-0.4, -0.2) is 29.1 Å². The number of rotatable bonds is 6. The van der Waals surface area contributed by atoms with Crippen molar-refractivity contribution in [1.29, 1.82) is 0 Å². The van der Waals surface area contributed by atoms with Crippen LogP contribution in [0.3, 0.4) is 0 Å². The molecule has 1 aromatic heterocycles. The Labute approximate surface area is 82.1 Å². The van der Waals surface area contributed by atoms with Crippen LogP contribution in [0.25, 0.3) is 0 Å². The third kappa shape index (κ3) is 3.99. The maximum absolute atomic E-state index is 11.0. The van der Waals surface area contributed by atoms with Crippen LogP contribution in [-0.2, 0) is 11.3 Å². The van der Waals surface area contributed by atoms with Gasteiger partial charge in [0.2, 0.25) is 12.3 Å². The Balaban J connectivity index is 2.02. The highest BCUT2D eigenvalue weighted by Gasteiger charge is 2.00. The summed E-state index contributed by atoms with van der Waals surface area (Å²) in [6.07, 6.45) is 1.74. The second-order valence-corrected chi connectivity index (χ2v) is 2.73. The number of carbonyl (C=O) groups excluding carboxylic acids is 1. The van der Waals surface area contributed by atoms with Gasteiger partial charge in [-0.05, 0) is 6.92 Å². The first-order chi connectivity index (χ1) is 6.83. The fraction of sp³-hybridized carbons (Fsp3) is 0.625. The lowest BCUT2D eigenvalue weighted by Crippen LogP contribution is -2.27. The summed E-state index contributed by atoms with van der Waals surface area (Å²) in [5.41, 5.74) is 0. The number of amides is 1. The molecule has 0 bridgehead atoms. The molecule has 0 atom stereocenters. The zero-order valence-electron chi connectivity index (χ0n) is 8.12. The van der Waals surface area contributed by atoms with Crippen molar-refractivity contribution >= 4 is 5.91 Å². The molecule has 0 aliphatic rings. The van der Waals surface area contributed by atoms with Gasteiger partial charge < -0.3 is 15.2 Å². The largest absolute Gasteiger partial charge is 0.356 e. The van der Waals surface area contributed by atoms with Gasteiger partial charge >= 0.3 is 0 Å². The highest BCUT2D eigenvalue weighted by Crippen LogP contribution is 1.86. The van der Waals surface area contributed by atoms with Gasteiger partial charge in [0.1, 0.15) is 0 Å². The smallest absolute Gasteiger partial charge is 0.221 e. The highest BCUT2D eigenvalue weighted by molar-refractivity contribution is 5.75. The van der Waals surface area contributed by atoms with E-state index >= 15 is 0 Å². The molecule has 1 rings (SSSR count). The molecule has 1 heterocycles. The zero-order chi connectivity index (χ0) is 10.2. The molecule has 0 saturated heterocycles. The number of aromatic nitrogens is 2. The quantitative estimate of drug-likeness (QED) is 0.613. The first-order valence-corrected chi connectivity index (χ1v) is 4.55. The van der Waals surface area contributed by atoms with Crippen LogP contribution in [0.5, 0.6) is 0 Å². The van der Waals surface area contributed by atoms with Crippen LogP contribution < -0.4 is 10.6 Å². The maximum atomic E-state index is 11.0. The molecule has 1 amide bonds. The first-order valence-electron chi connectivity index (χ1n) is 4.55. The summed E-state index contributed by atoms with van der Waals surface area (Å²) in [4.78, 5) is 14.8. The van der Waals surface area contributed by atoms with Gasteiger partial charge in [-0.25, -0.2) is 0 Å². The van der Waals surface area contributed by atoms with Gasteiger partial charge in [-0.1, -0.05) is 5.16 Å². The van der Waals surface area contributed by atoms with E-state index in [4.69, 9.17) is 0 Å². The van der Waals surface area contributed by atoms with Crippen LogP contribution in [0.15, 0.2) is 10.9 Å². The van der Waals surface area contributed by atoms with E-state index in [1.54, 1.807) is 0 Å². The molecule has 1 aromatic rings. The summed E-state index contributed by atoms with van der Waals surface area (Å²) in [6.45, 7) is 3.70. The maximum Gasteiger partial charge on any atom is 0.221 e. The van der Waals surface area contributed by atoms with Crippen LogP contribution >= 0.6 is 0 Å². The molecule has 0 spiro atoms. The van der Waals surface area contributed by atoms with Crippen LogP contribution in [0.2, 0.25) is 0 Å². The molecule has 2 N–H and O–H groups in total. The molecule has 0 fully saturated rings. The van der Waals surface area contributed by atoms with Crippen molar-refractivity contribution in [1.82, 2.24) is 20.8 Å². The predicted octanol–water partition coefficient (Wildman–Crippen LogP) is -0.315. The van der Waals surface area contributed by atoms with Crippen molar-refractivity contribution in [2.24, 2.45) is 0 Å². The Morgan fingerprint density at radius 3 is 3.14 bits per heavy atom. The van der Waals surface area contributed by atoms with Gasteiger partial charge in [-0.15, -0.1) is 0 Å². The predicted molar refractivity (Wildman–Crippen MR) is 49.3 cm³/mol. The van der Waals surface area contributed by atoms with Gasteiger partial charge in [0.05, 0.1) is 6.54 Å². The van der Waals surface area contributed by atoms with E-state index < -0.39 is 0 Å². The van der Waals surface area contributed by atoms with Crippen LogP contribution in [0.4, 0.5) is 0 Å². The van der Waals surface area contributed by atoms with Crippen LogP contribution in [0, 0.1) is 0 Å². The molecule has 0 unspecified atom stereocenters. The summed E-state index contributed by atoms with van der Waals surface area (Å²) in [5, 5.41) is 9.36. The minimum Gasteiger partial charge on any atom is -0.356 e. The Morgan fingerprint density at radius 1 is 1.64 bits per heavy atom. The number of nitrogens with zero attached hydrogens (tertiary/aromatic N) is 2. The molecular formula is C8H14N4O2. The van der Waals surface area contributed by atoms with Crippen molar-refractivity contribution in [3.8, 4) is 0 Å². The third-order valence-corrected chi connectivity index (χ3v) is 1.59. The van der Waals surface area contributed by atoms with E-state index in [1.165, 1.54) is 6.39 Å². The van der Waals surface area contributed by atoms with E-state index in [0.29, 0.717) is 31.9 Å². The molecule has 0 aromatic carbocycles. The molecule has 0 aliphatic heterocycles. The molecule has 14 heavy (non-hydrogen) atoms. The van der Waals surface area contributed by atoms with Crippen molar-refractivity contribution in [3.05, 3.63) is 12.2 Å². The van der Waals surface area contributed by atoms with Gasteiger partial charge in [-0.3, -0.25) is 4.79 Å². The lowest BCUT2D eigenvalue weighted by molar-refractivity contribution is -0.120. The summed E-state index contributed by atoms with van der Waals surface area (Å²) >= 11 is 0. The van der Waals surface area contributed by atoms with Crippen LogP contribution in [0.1, 0.15) is 19.2 Å². The number of hydrogen-bond acceptors (Lipinski definition) is 5. The van der Waals surface area contributed by atoms with E-state index in [-0.39, 0.29) is 5.91 Å². The SMILES string of the molecule is CCNC(=O)CCNCc1ncon1. The standard InChI is InChI=1S/C8H14N4O2/c1-2-10-8(13)3-4-9-5-7-11-6-14-12-7/h6,9H,2-5H2,1H3,(H,10,13). The van der Waals surface area contributed by atoms with Crippen molar-refractivity contribution in [2.75, 3.05) is 13.1 Å². The average molecular weight is 198 g/mol. The number of carbonyl (C=O) groups is 1. The topological polar surface area (TPSA) is 80.0 Å². The molecule has 0 saturated carbocycles. The van der Waals surface area contributed by atoms with E-state index in [2.05, 4.69) is 25.3 Å². The van der Waals surface area contributed by atoms with Crippen molar-refractivity contribution in [3.63, 3.8) is 0 Å². The monoisotopic (exact) mass is 198 g/mol. The zero-order valence-corrected chi connectivity index (χ0v) is 8.12. The second-order valence-electron chi connectivity index (χ2n) is 2.73. The average Bonchev–Trinajstić information content (AvgIpc) is 2.65. The van der Waals surface area contributed by atoms with Gasteiger partial charge in [0.25, 0.3) is 0 Å². The third-order valence-electron chi connectivity index (χ3n) is 1.59. The highest BCUT2D eigenvalue weighted by atomic mass is 16.5.